The molecule has 0 saturated carbocycles. The largest absolute Gasteiger partial charge is 0.407 e. The van der Waals surface area contributed by atoms with Gasteiger partial charge in [-0.2, -0.15) is 23.7 Å². The average molecular weight is 621 g/mol. The maximum absolute atomic E-state index is 14.3. The Kier molecular flexibility index (Phi) is 11.1. The fourth-order valence-electron chi connectivity index (χ4n) is 4.47. The van der Waals surface area contributed by atoms with Crippen molar-refractivity contribution in [2.45, 2.75) is 57.1 Å². The van der Waals surface area contributed by atoms with Gasteiger partial charge in [0.2, 0.25) is 5.91 Å². The minimum Gasteiger partial charge on any atom is -0.382 e. The summed E-state index contributed by atoms with van der Waals surface area (Å²) in [4.78, 5) is 13.1. The standard InChI is InChI=1S/C31H27F7N4O2/c1-16(2)26(30(44)41-22(15-40)13-23-24(32)11-17(14-39)12-25(23)33)42-28(31(36,37)38)21-9-5-19(6-10-21)18-3-7-20(8-4-18)27(43)29(34)35/h3-12,16,22,26-29,42-43H,13H2,1-2H3,(H,41,44)/t22?,26-,27+,28-/m0/s1. The number of hydrogen-bond acceptors (Lipinski definition) is 5. The van der Waals surface area contributed by atoms with Crippen molar-refractivity contribution in [2.75, 3.05) is 0 Å². The zero-order chi connectivity index (χ0) is 32.8. The molecule has 0 heterocycles. The highest BCUT2D eigenvalue weighted by Gasteiger charge is 2.43. The molecule has 3 rings (SSSR count). The van der Waals surface area contributed by atoms with Crippen LogP contribution in [-0.2, 0) is 11.2 Å². The molecule has 3 aromatic rings. The monoisotopic (exact) mass is 620 g/mol. The Bertz CT molecular complexity index is 1510. The quantitative estimate of drug-likeness (QED) is 0.219. The number of alkyl halides is 5. The van der Waals surface area contributed by atoms with E-state index < -0.39 is 72.3 Å². The van der Waals surface area contributed by atoms with E-state index in [9.17, 15) is 45.9 Å². The number of carbonyl (C=O) groups is 1. The zero-order valence-electron chi connectivity index (χ0n) is 23.3. The molecule has 0 aliphatic rings. The summed E-state index contributed by atoms with van der Waals surface area (Å²) in [5.74, 6) is -3.95. The highest BCUT2D eigenvalue weighted by molar-refractivity contribution is 5.82. The van der Waals surface area contributed by atoms with E-state index in [-0.39, 0.29) is 16.7 Å². The first kappa shape index (κ1) is 34.0. The first-order valence-corrected chi connectivity index (χ1v) is 13.2. The second-order valence-electron chi connectivity index (χ2n) is 10.3. The van der Waals surface area contributed by atoms with E-state index in [1.54, 1.807) is 12.1 Å². The van der Waals surface area contributed by atoms with E-state index in [2.05, 4.69) is 10.6 Å². The summed E-state index contributed by atoms with van der Waals surface area (Å²) in [6.07, 6.45) is -10.5. The maximum Gasteiger partial charge on any atom is 0.407 e. The van der Waals surface area contributed by atoms with E-state index in [0.29, 0.717) is 11.1 Å². The fraction of sp³-hybridized carbons (Fsp3) is 0.323. The van der Waals surface area contributed by atoms with Crippen LogP contribution in [0.5, 0.6) is 0 Å². The molecule has 1 amide bonds. The molecule has 6 nitrogen and oxygen atoms in total. The van der Waals surface area contributed by atoms with Crippen molar-refractivity contribution < 1.29 is 40.6 Å². The van der Waals surface area contributed by atoms with Crippen molar-refractivity contribution in [1.82, 2.24) is 10.6 Å². The number of aliphatic hydroxyl groups excluding tert-OH is 1. The molecule has 3 N–H and O–H groups in total. The van der Waals surface area contributed by atoms with Gasteiger partial charge in [-0.1, -0.05) is 62.4 Å². The van der Waals surface area contributed by atoms with Gasteiger partial charge >= 0.3 is 6.18 Å². The number of nitrogens with one attached hydrogen (secondary N) is 2. The number of nitriles is 2. The van der Waals surface area contributed by atoms with E-state index in [1.165, 1.54) is 62.4 Å². The van der Waals surface area contributed by atoms with Crippen LogP contribution >= 0.6 is 0 Å². The summed E-state index contributed by atoms with van der Waals surface area (Å²) >= 11 is 0. The van der Waals surface area contributed by atoms with E-state index in [4.69, 9.17) is 5.26 Å². The van der Waals surface area contributed by atoms with Gasteiger partial charge in [-0.15, -0.1) is 0 Å². The van der Waals surface area contributed by atoms with Crippen LogP contribution < -0.4 is 10.6 Å². The number of aliphatic hydroxyl groups is 1. The van der Waals surface area contributed by atoms with Gasteiger partial charge in [-0.3, -0.25) is 10.1 Å². The van der Waals surface area contributed by atoms with Gasteiger partial charge < -0.3 is 10.4 Å². The first-order valence-electron chi connectivity index (χ1n) is 13.2. The van der Waals surface area contributed by atoms with Crippen molar-refractivity contribution >= 4 is 5.91 Å². The third-order valence-electron chi connectivity index (χ3n) is 6.84. The molecule has 0 aliphatic carbocycles. The molecular formula is C31H27F7N4O2. The number of rotatable bonds is 11. The Morgan fingerprint density at radius 3 is 1.82 bits per heavy atom. The second kappa shape index (κ2) is 14.3. The zero-order valence-corrected chi connectivity index (χ0v) is 23.3. The van der Waals surface area contributed by atoms with Crippen molar-refractivity contribution in [3.8, 4) is 23.3 Å². The normalized spacial score (nSPS) is 14.4. The first-order chi connectivity index (χ1) is 20.7. The molecule has 0 radical (unpaired) electrons. The molecule has 0 saturated heterocycles. The van der Waals surface area contributed by atoms with Crippen LogP contribution in [-0.4, -0.2) is 35.7 Å². The highest BCUT2D eigenvalue weighted by Crippen LogP contribution is 2.35. The highest BCUT2D eigenvalue weighted by atomic mass is 19.4. The van der Waals surface area contributed by atoms with Gasteiger partial charge in [0, 0.05) is 12.0 Å². The topological polar surface area (TPSA) is 109 Å². The third-order valence-corrected chi connectivity index (χ3v) is 6.84. The SMILES string of the molecule is CC(C)[C@H](N[C@@H](c1ccc(-c2ccc([C@@H](O)C(F)F)cc2)cc1)C(F)(F)F)C(=O)NC(C#N)Cc1c(F)cc(C#N)cc1F. The van der Waals surface area contributed by atoms with Crippen molar-refractivity contribution in [2.24, 2.45) is 5.92 Å². The molecule has 0 aromatic heterocycles. The lowest BCUT2D eigenvalue weighted by molar-refractivity contribution is -0.161. The molecule has 0 fully saturated rings. The smallest absolute Gasteiger partial charge is 0.382 e. The number of carbonyl (C=O) groups excluding carboxylic acids is 1. The summed E-state index contributed by atoms with van der Waals surface area (Å²) in [5.41, 5.74) is -0.175. The number of halogens is 7. The van der Waals surface area contributed by atoms with Crippen LogP contribution in [0.1, 0.15) is 48.2 Å². The second-order valence-corrected chi connectivity index (χ2v) is 10.3. The molecule has 13 heteroatoms. The molecule has 4 atom stereocenters. The van der Waals surface area contributed by atoms with Gasteiger partial charge in [-0.05, 0) is 40.3 Å². The maximum atomic E-state index is 14.3. The summed E-state index contributed by atoms with van der Waals surface area (Å²) in [6, 6.07) is 10.1. The Hall–Kier alpha value is -4.46. The van der Waals surface area contributed by atoms with Crippen LogP contribution in [0.2, 0.25) is 0 Å². The predicted octanol–water partition coefficient (Wildman–Crippen LogP) is 6.27. The molecule has 44 heavy (non-hydrogen) atoms. The number of amides is 1. The van der Waals surface area contributed by atoms with E-state index in [1.807, 2.05) is 0 Å². The minimum absolute atomic E-state index is 0.0227. The summed E-state index contributed by atoms with van der Waals surface area (Å²) < 4.78 is 96.9. The Balaban J connectivity index is 1.80. The summed E-state index contributed by atoms with van der Waals surface area (Å²) in [6.45, 7) is 2.95. The lowest BCUT2D eigenvalue weighted by Crippen LogP contribution is -2.53. The Morgan fingerprint density at radius 2 is 1.41 bits per heavy atom. The summed E-state index contributed by atoms with van der Waals surface area (Å²) in [7, 11) is 0. The molecule has 0 spiro atoms. The van der Waals surface area contributed by atoms with Crippen LogP contribution in [0.4, 0.5) is 30.7 Å². The van der Waals surface area contributed by atoms with Gasteiger partial charge in [0.05, 0.1) is 23.7 Å². The average Bonchev–Trinajstić information content (AvgIpc) is 2.97. The molecular weight excluding hydrogens is 593 g/mol. The van der Waals surface area contributed by atoms with E-state index in [0.717, 1.165) is 12.1 Å². The van der Waals surface area contributed by atoms with Crippen LogP contribution in [0.3, 0.4) is 0 Å². The van der Waals surface area contributed by atoms with E-state index >= 15 is 0 Å². The van der Waals surface area contributed by atoms with Crippen molar-refractivity contribution in [1.29, 1.82) is 10.5 Å². The molecule has 0 aliphatic heterocycles. The lowest BCUT2D eigenvalue weighted by atomic mass is 9.96. The molecule has 0 bridgehead atoms. The molecule has 232 valence electrons. The number of hydrogen-bond donors (Lipinski definition) is 3. The van der Waals surface area contributed by atoms with Gasteiger partial charge in [0.25, 0.3) is 6.43 Å². The number of nitrogens with zero attached hydrogens (tertiary/aromatic N) is 2. The van der Waals surface area contributed by atoms with Gasteiger partial charge in [0.1, 0.15) is 29.8 Å². The fourth-order valence-corrected chi connectivity index (χ4v) is 4.47. The summed E-state index contributed by atoms with van der Waals surface area (Å²) in [5, 5.41) is 32.4. The molecule has 1 unspecified atom stereocenters. The number of benzene rings is 3. The Labute approximate surface area is 248 Å². The van der Waals surface area contributed by atoms with Crippen molar-refractivity contribution in [3.05, 3.63) is 94.6 Å². The lowest BCUT2D eigenvalue weighted by Gasteiger charge is -2.30. The predicted molar refractivity (Wildman–Crippen MR) is 146 cm³/mol. The van der Waals surface area contributed by atoms with Gasteiger partial charge in [0.15, 0.2) is 0 Å². The minimum atomic E-state index is -4.87. The van der Waals surface area contributed by atoms with Crippen molar-refractivity contribution in [3.63, 3.8) is 0 Å². The Morgan fingerprint density at radius 1 is 0.909 bits per heavy atom. The molecule has 3 aromatic carbocycles. The van der Waals surface area contributed by atoms with Crippen LogP contribution in [0, 0.1) is 40.2 Å². The van der Waals surface area contributed by atoms with Crippen LogP contribution in [0.15, 0.2) is 60.7 Å². The van der Waals surface area contributed by atoms with Gasteiger partial charge in [-0.25, -0.2) is 17.6 Å². The third kappa shape index (κ3) is 8.34. The van der Waals surface area contributed by atoms with Crippen LogP contribution in [0.25, 0.3) is 11.1 Å².